The summed E-state index contributed by atoms with van der Waals surface area (Å²) in [7, 11) is 0. The van der Waals surface area contributed by atoms with Gasteiger partial charge in [-0.3, -0.25) is 0 Å². The van der Waals surface area contributed by atoms with E-state index in [0.29, 0.717) is 23.3 Å². The highest BCUT2D eigenvalue weighted by Crippen LogP contribution is 2.20. The van der Waals surface area contributed by atoms with Gasteiger partial charge in [-0.1, -0.05) is 47.1 Å². The van der Waals surface area contributed by atoms with Crippen molar-refractivity contribution in [3.63, 3.8) is 0 Å². The van der Waals surface area contributed by atoms with Gasteiger partial charge < -0.3 is 14.3 Å². The maximum atomic E-state index is 5.92. The summed E-state index contributed by atoms with van der Waals surface area (Å²) in [5.74, 6) is 2.00. The number of hydrogen-bond acceptors (Lipinski definition) is 4. The van der Waals surface area contributed by atoms with Crippen molar-refractivity contribution in [3.8, 4) is 11.4 Å². The summed E-state index contributed by atoms with van der Waals surface area (Å²) in [6.45, 7) is 0.543. The largest absolute Gasteiger partial charge is 0.463 e. The van der Waals surface area contributed by atoms with E-state index in [4.69, 9.17) is 20.5 Å². The second-order valence-electron chi connectivity index (χ2n) is 5.86. The minimum absolute atomic E-state index is 0.0251. The first-order valence-corrected chi connectivity index (χ1v) is 8.67. The zero-order valence-corrected chi connectivity index (χ0v) is 14.6. The van der Waals surface area contributed by atoms with Crippen LogP contribution in [0, 0.1) is 0 Å². The molecule has 0 aliphatic heterocycles. The van der Waals surface area contributed by atoms with Gasteiger partial charge in [0, 0.05) is 16.1 Å². The summed E-state index contributed by atoms with van der Waals surface area (Å²) in [6, 6.07) is 21.4. The first kappa shape index (κ1) is 16.6. The summed E-state index contributed by atoms with van der Waals surface area (Å²) in [4.78, 5) is 4.47. The number of quaternary nitrogens is 1. The third kappa shape index (κ3) is 3.69. The van der Waals surface area contributed by atoms with Crippen LogP contribution >= 0.6 is 11.6 Å². The van der Waals surface area contributed by atoms with Crippen LogP contribution in [0.2, 0.25) is 5.02 Å². The molecule has 4 rings (SSSR count). The number of aromatic nitrogens is 2. The van der Waals surface area contributed by atoms with Crippen molar-refractivity contribution in [1.29, 1.82) is 0 Å². The van der Waals surface area contributed by atoms with Gasteiger partial charge in [0.2, 0.25) is 5.82 Å². The lowest BCUT2D eigenvalue weighted by molar-refractivity contribution is -0.706. The Morgan fingerprint density at radius 3 is 2.50 bits per heavy atom. The fourth-order valence-electron chi connectivity index (χ4n) is 2.82. The molecule has 4 aromatic rings. The van der Waals surface area contributed by atoms with Gasteiger partial charge in [0.1, 0.15) is 0 Å². The van der Waals surface area contributed by atoms with Gasteiger partial charge >= 0.3 is 0 Å². The van der Waals surface area contributed by atoms with E-state index in [2.05, 4.69) is 27.6 Å². The summed E-state index contributed by atoms with van der Waals surface area (Å²) in [5, 5.41) is 6.85. The molecule has 1 atom stereocenters. The van der Waals surface area contributed by atoms with E-state index >= 15 is 0 Å². The molecule has 5 nitrogen and oxygen atoms in total. The van der Waals surface area contributed by atoms with Gasteiger partial charge in [0.25, 0.3) is 5.89 Å². The number of nitrogens with zero attached hydrogens (tertiary/aromatic N) is 2. The van der Waals surface area contributed by atoms with Crippen molar-refractivity contribution in [2.75, 3.05) is 0 Å². The maximum absolute atomic E-state index is 5.92. The zero-order chi connectivity index (χ0) is 17.8. The van der Waals surface area contributed by atoms with Gasteiger partial charge in [-0.25, -0.2) is 0 Å². The van der Waals surface area contributed by atoms with Gasteiger partial charge in [-0.15, -0.1) is 0 Å². The third-order valence-corrected chi connectivity index (χ3v) is 4.36. The van der Waals surface area contributed by atoms with Crippen molar-refractivity contribution in [1.82, 2.24) is 10.1 Å². The van der Waals surface area contributed by atoms with E-state index in [1.165, 1.54) is 0 Å². The Morgan fingerprint density at radius 1 is 0.962 bits per heavy atom. The lowest BCUT2D eigenvalue weighted by Gasteiger charge is -2.12. The molecular formula is C20H17ClN3O2+. The number of nitrogens with two attached hydrogens (primary N) is 1. The smallest absolute Gasteiger partial charge is 0.282 e. The highest BCUT2D eigenvalue weighted by atomic mass is 35.5. The fraction of sp³-hybridized carbons (Fsp3) is 0.100. The average molecular weight is 367 g/mol. The molecule has 0 saturated carbocycles. The van der Waals surface area contributed by atoms with E-state index in [0.717, 1.165) is 16.9 Å². The van der Waals surface area contributed by atoms with Gasteiger partial charge in [-0.05, 0) is 36.4 Å². The molecule has 0 fully saturated rings. The minimum atomic E-state index is 0.0251. The number of furan rings is 1. The lowest BCUT2D eigenvalue weighted by atomic mass is 10.0. The van der Waals surface area contributed by atoms with Crippen molar-refractivity contribution in [2.45, 2.75) is 12.6 Å². The molecule has 0 unspecified atom stereocenters. The Kier molecular flexibility index (Phi) is 4.82. The average Bonchev–Trinajstić information content (AvgIpc) is 3.36. The molecule has 2 heterocycles. The SMILES string of the molecule is Clc1ccc(-c2noc(C[NH2+][C@H](c3ccccc3)c3ccco3)n2)cc1. The Balaban J connectivity index is 1.51. The van der Waals surface area contributed by atoms with Crippen LogP contribution in [0.4, 0.5) is 0 Å². The lowest BCUT2D eigenvalue weighted by Crippen LogP contribution is -2.83. The van der Waals surface area contributed by atoms with E-state index in [1.54, 1.807) is 18.4 Å². The second-order valence-corrected chi connectivity index (χ2v) is 6.30. The Morgan fingerprint density at radius 2 is 1.77 bits per heavy atom. The first-order valence-electron chi connectivity index (χ1n) is 8.30. The van der Waals surface area contributed by atoms with E-state index in [-0.39, 0.29) is 6.04 Å². The zero-order valence-electron chi connectivity index (χ0n) is 13.9. The van der Waals surface area contributed by atoms with Crippen LogP contribution in [0.5, 0.6) is 0 Å². The summed E-state index contributed by atoms with van der Waals surface area (Å²) < 4.78 is 11.0. The van der Waals surface area contributed by atoms with Crippen molar-refractivity contribution < 1.29 is 14.3 Å². The Bertz CT molecular complexity index is 950. The summed E-state index contributed by atoms with van der Waals surface area (Å²) >= 11 is 5.92. The van der Waals surface area contributed by atoms with Gasteiger partial charge in [-0.2, -0.15) is 4.98 Å². The van der Waals surface area contributed by atoms with Crippen LogP contribution in [0.15, 0.2) is 81.9 Å². The van der Waals surface area contributed by atoms with Gasteiger partial charge in [0.05, 0.1) is 6.26 Å². The molecular weight excluding hydrogens is 350 g/mol. The molecule has 0 amide bonds. The molecule has 6 heteroatoms. The molecule has 2 aromatic heterocycles. The summed E-state index contributed by atoms with van der Waals surface area (Å²) in [6.07, 6.45) is 1.68. The topological polar surface area (TPSA) is 68.7 Å². The van der Waals surface area contributed by atoms with E-state index in [1.807, 2.05) is 42.5 Å². The molecule has 0 radical (unpaired) electrons. The van der Waals surface area contributed by atoms with Crippen LogP contribution in [0.1, 0.15) is 23.3 Å². The van der Waals surface area contributed by atoms with Gasteiger partial charge in [0.15, 0.2) is 18.3 Å². The highest BCUT2D eigenvalue weighted by molar-refractivity contribution is 6.30. The normalized spacial score (nSPS) is 12.2. The van der Waals surface area contributed by atoms with Crippen LogP contribution in [-0.4, -0.2) is 10.1 Å². The standard InChI is InChI=1S/C20H16ClN3O2/c21-16-10-8-15(9-11-16)20-23-18(26-24-20)13-22-19(17-7-4-12-25-17)14-5-2-1-3-6-14/h1-12,19,22H,13H2/p+1/t19-/m1/s1. The van der Waals surface area contributed by atoms with Crippen molar-refractivity contribution in [3.05, 3.63) is 95.2 Å². The highest BCUT2D eigenvalue weighted by Gasteiger charge is 2.21. The molecule has 26 heavy (non-hydrogen) atoms. The molecule has 130 valence electrons. The van der Waals surface area contributed by atoms with Crippen LogP contribution in [-0.2, 0) is 6.54 Å². The molecule has 0 aliphatic carbocycles. The number of benzene rings is 2. The number of halogens is 1. The number of hydrogen-bond donors (Lipinski definition) is 1. The van der Waals surface area contributed by atoms with Crippen LogP contribution in [0.3, 0.4) is 0 Å². The molecule has 0 aliphatic rings. The predicted molar refractivity (Wildman–Crippen MR) is 97.4 cm³/mol. The maximum Gasteiger partial charge on any atom is 0.282 e. The molecule has 0 bridgehead atoms. The van der Waals surface area contributed by atoms with Crippen LogP contribution < -0.4 is 5.32 Å². The molecule has 0 saturated heterocycles. The van der Waals surface area contributed by atoms with Crippen LogP contribution in [0.25, 0.3) is 11.4 Å². The fourth-order valence-corrected chi connectivity index (χ4v) is 2.94. The van der Waals surface area contributed by atoms with E-state index < -0.39 is 0 Å². The van der Waals surface area contributed by atoms with Crippen molar-refractivity contribution >= 4 is 11.6 Å². The first-order chi connectivity index (χ1) is 12.8. The third-order valence-electron chi connectivity index (χ3n) is 4.11. The van der Waals surface area contributed by atoms with E-state index in [9.17, 15) is 0 Å². The molecule has 2 N–H and O–H groups in total. The quantitative estimate of drug-likeness (QED) is 0.563. The summed E-state index contributed by atoms with van der Waals surface area (Å²) in [5.41, 5.74) is 2.02. The Labute approximate surface area is 155 Å². The monoisotopic (exact) mass is 366 g/mol. The second kappa shape index (κ2) is 7.56. The Hall–Kier alpha value is -2.89. The minimum Gasteiger partial charge on any atom is -0.463 e. The molecule has 2 aromatic carbocycles. The van der Waals surface area contributed by atoms with Crippen molar-refractivity contribution in [2.24, 2.45) is 0 Å². The number of rotatable bonds is 6. The predicted octanol–water partition coefficient (Wildman–Crippen LogP) is 3.84. The molecule has 0 spiro atoms.